The van der Waals surface area contributed by atoms with Crippen LogP contribution in [0.5, 0.6) is 11.5 Å². The van der Waals surface area contributed by atoms with E-state index in [1.165, 1.54) is 0 Å². The number of nitrogens with zero attached hydrogens (tertiary/aromatic N) is 1. The van der Waals surface area contributed by atoms with Crippen LogP contribution in [0, 0.1) is 0 Å². The van der Waals surface area contributed by atoms with Gasteiger partial charge in [-0.1, -0.05) is 48.5 Å². The Balaban J connectivity index is 1.31. The molecule has 4 aromatic rings. The van der Waals surface area contributed by atoms with Crippen LogP contribution in [0.1, 0.15) is 27.6 Å². The third-order valence-electron chi connectivity index (χ3n) is 5.68. The normalized spacial score (nSPS) is 10.3. The number of anilines is 2. The highest BCUT2D eigenvalue weighted by Gasteiger charge is 2.17. The summed E-state index contributed by atoms with van der Waals surface area (Å²) in [7, 11) is 0. The molecule has 0 aliphatic rings. The Bertz CT molecular complexity index is 1410. The van der Waals surface area contributed by atoms with Crippen LogP contribution in [0.3, 0.4) is 0 Å². The van der Waals surface area contributed by atoms with Crippen molar-refractivity contribution in [2.75, 3.05) is 30.0 Å². The zero-order chi connectivity index (χ0) is 27.5. The first kappa shape index (κ1) is 27.3. The smallest absolute Gasteiger partial charge is 0.258 e. The van der Waals surface area contributed by atoms with E-state index in [0.717, 1.165) is 11.4 Å². The van der Waals surface area contributed by atoms with Crippen molar-refractivity contribution in [3.63, 3.8) is 0 Å². The van der Waals surface area contributed by atoms with Crippen LogP contribution in [0.4, 0.5) is 11.4 Å². The average molecular weight is 540 g/mol. The summed E-state index contributed by atoms with van der Waals surface area (Å²) in [5, 5.41) is 5.78. The summed E-state index contributed by atoms with van der Waals surface area (Å²) >= 11 is 5.35. The van der Waals surface area contributed by atoms with Crippen LogP contribution in [0.25, 0.3) is 0 Å². The van der Waals surface area contributed by atoms with Gasteiger partial charge in [0.15, 0.2) is 5.11 Å². The van der Waals surface area contributed by atoms with Crippen LogP contribution in [-0.2, 0) is 0 Å². The lowest BCUT2D eigenvalue weighted by Gasteiger charge is -2.21. The molecule has 0 aromatic heterocycles. The Labute approximate surface area is 233 Å². The topological polar surface area (TPSA) is 79.9 Å². The van der Waals surface area contributed by atoms with Gasteiger partial charge in [-0.3, -0.25) is 14.9 Å². The van der Waals surface area contributed by atoms with Crippen molar-refractivity contribution in [1.29, 1.82) is 0 Å². The molecule has 8 heteroatoms. The Morgan fingerprint density at radius 1 is 0.744 bits per heavy atom. The van der Waals surface area contributed by atoms with Crippen LogP contribution in [-0.4, -0.2) is 36.7 Å². The van der Waals surface area contributed by atoms with Gasteiger partial charge < -0.3 is 19.7 Å². The predicted octanol–water partition coefficient (Wildman–Crippen LogP) is 5.94. The first-order valence-corrected chi connectivity index (χ1v) is 12.9. The molecular formula is C31H29N3O4S. The minimum atomic E-state index is -0.382. The van der Waals surface area contributed by atoms with E-state index in [-0.39, 0.29) is 16.9 Å². The first-order chi connectivity index (χ1) is 19.0. The molecule has 0 spiro atoms. The van der Waals surface area contributed by atoms with Crippen LogP contribution >= 0.6 is 12.2 Å². The summed E-state index contributed by atoms with van der Waals surface area (Å²) in [4.78, 5) is 27.6. The fourth-order valence-corrected chi connectivity index (χ4v) is 4.05. The Morgan fingerprint density at radius 2 is 1.36 bits per heavy atom. The molecule has 0 saturated heterocycles. The van der Waals surface area contributed by atoms with Crippen molar-refractivity contribution in [3.8, 4) is 11.5 Å². The van der Waals surface area contributed by atoms with Crippen molar-refractivity contribution in [2.45, 2.75) is 6.92 Å². The number of hydrogen-bond donors (Lipinski definition) is 2. The molecular weight excluding hydrogens is 510 g/mol. The second-order valence-electron chi connectivity index (χ2n) is 8.41. The summed E-state index contributed by atoms with van der Waals surface area (Å²) in [5.41, 5.74) is 2.30. The Morgan fingerprint density at radius 3 is 2.08 bits per heavy atom. The highest BCUT2D eigenvalue weighted by Crippen LogP contribution is 2.19. The largest absolute Gasteiger partial charge is 0.490 e. The zero-order valence-corrected chi connectivity index (χ0v) is 22.3. The van der Waals surface area contributed by atoms with Crippen LogP contribution in [0.2, 0.25) is 0 Å². The molecule has 0 heterocycles. The molecule has 4 rings (SSSR count). The molecule has 2 amide bonds. The quantitative estimate of drug-likeness (QED) is 0.192. The van der Waals surface area contributed by atoms with Gasteiger partial charge in [0.05, 0.1) is 0 Å². The minimum Gasteiger partial charge on any atom is -0.490 e. The number of rotatable bonds is 10. The molecule has 0 aliphatic carbocycles. The van der Waals surface area contributed by atoms with Gasteiger partial charge in [0.1, 0.15) is 24.7 Å². The molecule has 0 aliphatic heterocycles. The molecule has 0 radical (unpaired) electrons. The highest BCUT2D eigenvalue weighted by atomic mass is 32.1. The minimum absolute atomic E-state index is 0.114. The second-order valence-corrected chi connectivity index (χ2v) is 8.82. The van der Waals surface area contributed by atoms with Gasteiger partial charge >= 0.3 is 0 Å². The Hall–Kier alpha value is -4.69. The number of nitrogens with one attached hydrogen (secondary N) is 2. The molecule has 2 N–H and O–H groups in total. The first-order valence-electron chi connectivity index (χ1n) is 12.5. The van der Waals surface area contributed by atoms with E-state index in [0.29, 0.717) is 42.3 Å². The van der Waals surface area contributed by atoms with Crippen LogP contribution < -0.4 is 25.0 Å². The van der Waals surface area contributed by atoms with Gasteiger partial charge in [0.25, 0.3) is 11.8 Å². The number of carbonyl (C=O) groups is 2. The van der Waals surface area contributed by atoms with E-state index in [1.54, 1.807) is 53.4 Å². The fourth-order valence-electron chi connectivity index (χ4n) is 3.84. The lowest BCUT2D eigenvalue weighted by atomic mass is 10.1. The lowest BCUT2D eigenvalue weighted by Crippen LogP contribution is -2.34. The van der Waals surface area contributed by atoms with Crippen LogP contribution in [0.15, 0.2) is 109 Å². The Kier molecular flexibility index (Phi) is 9.63. The summed E-state index contributed by atoms with van der Waals surface area (Å²) in [6, 6.07) is 32.8. The monoisotopic (exact) mass is 539 g/mol. The maximum Gasteiger partial charge on any atom is 0.258 e. The zero-order valence-electron chi connectivity index (χ0n) is 21.5. The number of benzene rings is 4. The lowest BCUT2D eigenvalue weighted by molar-refractivity contribution is 0.0972. The van der Waals surface area contributed by atoms with E-state index in [9.17, 15) is 9.59 Å². The molecule has 198 valence electrons. The summed E-state index contributed by atoms with van der Waals surface area (Å²) in [5.74, 6) is 0.799. The van der Waals surface area contributed by atoms with Crippen molar-refractivity contribution in [2.24, 2.45) is 0 Å². The van der Waals surface area contributed by atoms with E-state index < -0.39 is 0 Å². The van der Waals surface area contributed by atoms with E-state index in [1.807, 2.05) is 67.6 Å². The molecule has 7 nitrogen and oxygen atoms in total. The van der Waals surface area contributed by atoms with Crippen molar-refractivity contribution < 1.29 is 19.1 Å². The molecule has 0 saturated carbocycles. The van der Waals surface area contributed by atoms with Gasteiger partial charge in [0.2, 0.25) is 0 Å². The molecule has 0 unspecified atom stereocenters. The average Bonchev–Trinajstić information content (AvgIpc) is 2.97. The summed E-state index contributed by atoms with van der Waals surface area (Å²) in [6.45, 7) is 3.15. The van der Waals surface area contributed by atoms with Gasteiger partial charge in [-0.2, -0.15) is 0 Å². The van der Waals surface area contributed by atoms with Crippen molar-refractivity contribution >= 4 is 40.5 Å². The standard InChI is InChI=1S/C31H29N3O4S/c1-2-34(26-14-5-3-6-15-26)30(36)24-12-9-13-25(21-24)32-31(39)33-29(35)23-11-10-18-28(22-23)38-20-19-37-27-16-7-4-8-17-27/h3-18,21-22H,2,19-20H2,1H3,(H2,32,33,35,39). The van der Waals surface area contributed by atoms with Gasteiger partial charge in [-0.25, -0.2) is 0 Å². The maximum atomic E-state index is 13.2. The molecule has 0 fully saturated rings. The summed E-state index contributed by atoms with van der Waals surface area (Å²) in [6.07, 6.45) is 0. The number of amides is 2. The number of ether oxygens (including phenoxy) is 2. The highest BCUT2D eigenvalue weighted by molar-refractivity contribution is 7.80. The number of para-hydroxylation sites is 2. The third-order valence-corrected chi connectivity index (χ3v) is 5.89. The fraction of sp³-hybridized carbons (Fsp3) is 0.129. The number of carbonyl (C=O) groups excluding carboxylic acids is 2. The van der Waals surface area contributed by atoms with E-state index in [2.05, 4.69) is 10.6 Å². The summed E-state index contributed by atoms with van der Waals surface area (Å²) < 4.78 is 11.4. The molecule has 0 bridgehead atoms. The molecule has 39 heavy (non-hydrogen) atoms. The number of thiocarbonyl (C=S) groups is 1. The predicted molar refractivity (Wildman–Crippen MR) is 158 cm³/mol. The number of hydrogen-bond acceptors (Lipinski definition) is 5. The van der Waals surface area contributed by atoms with Crippen molar-refractivity contribution in [1.82, 2.24) is 5.32 Å². The van der Waals surface area contributed by atoms with Crippen molar-refractivity contribution in [3.05, 3.63) is 120 Å². The van der Waals surface area contributed by atoms with Gasteiger partial charge in [-0.15, -0.1) is 0 Å². The third kappa shape index (κ3) is 7.90. The van der Waals surface area contributed by atoms with Gasteiger partial charge in [0, 0.05) is 29.0 Å². The SMILES string of the molecule is CCN(C(=O)c1cccc(NC(=S)NC(=O)c2cccc(OCCOc3ccccc3)c2)c1)c1ccccc1. The molecule has 4 aromatic carbocycles. The molecule has 0 atom stereocenters. The maximum absolute atomic E-state index is 13.2. The van der Waals surface area contributed by atoms with E-state index >= 15 is 0 Å². The second kappa shape index (κ2) is 13.7. The van der Waals surface area contributed by atoms with E-state index in [4.69, 9.17) is 21.7 Å². The van der Waals surface area contributed by atoms with Gasteiger partial charge in [-0.05, 0) is 79.8 Å².